The molecular formula is C20H22ClN. The van der Waals surface area contributed by atoms with Crippen molar-refractivity contribution in [3.63, 3.8) is 0 Å². The number of hydrogen-bond donors (Lipinski definition) is 0. The molecule has 1 saturated heterocycles. The van der Waals surface area contributed by atoms with Crippen molar-refractivity contribution >= 4 is 11.6 Å². The Morgan fingerprint density at radius 1 is 1.05 bits per heavy atom. The van der Waals surface area contributed by atoms with Crippen LogP contribution in [-0.2, 0) is 0 Å². The van der Waals surface area contributed by atoms with Crippen molar-refractivity contribution in [3.8, 4) is 0 Å². The monoisotopic (exact) mass is 311 g/mol. The molecule has 0 spiro atoms. The lowest BCUT2D eigenvalue weighted by Gasteiger charge is -2.37. The molecule has 0 amide bonds. The van der Waals surface area contributed by atoms with E-state index in [2.05, 4.69) is 61.3 Å². The van der Waals surface area contributed by atoms with Crippen LogP contribution in [-0.4, -0.2) is 18.5 Å². The predicted octanol–water partition coefficient (Wildman–Crippen LogP) is 5.18. The molecule has 3 atom stereocenters. The van der Waals surface area contributed by atoms with Crippen molar-refractivity contribution in [1.82, 2.24) is 4.90 Å². The van der Waals surface area contributed by atoms with Gasteiger partial charge in [0.25, 0.3) is 0 Å². The van der Waals surface area contributed by atoms with E-state index in [4.69, 9.17) is 11.6 Å². The smallest absolute Gasteiger partial charge is 0.0409 e. The van der Waals surface area contributed by atoms with E-state index in [0.717, 1.165) is 5.02 Å². The maximum absolute atomic E-state index is 6.31. The number of rotatable bonds is 1. The van der Waals surface area contributed by atoms with Gasteiger partial charge < -0.3 is 0 Å². The molecule has 0 saturated carbocycles. The second-order valence-electron chi connectivity index (χ2n) is 6.84. The Bertz CT molecular complexity index is 709. The third kappa shape index (κ3) is 2.11. The molecule has 1 aliphatic carbocycles. The van der Waals surface area contributed by atoms with Crippen molar-refractivity contribution in [2.45, 2.75) is 31.7 Å². The molecule has 4 rings (SSSR count). The van der Waals surface area contributed by atoms with Gasteiger partial charge in [0.05, 0.1) is 0 Å². The summed E-state index contributed by atoms with van der Waals surface area (Å²) in [6, 6.07) is 15.9. The van der Waals surface area contributed by atoms with E-state index in [-0.39, 0.29) is 0 Å². The van der Waals surface area contributed by atoms with E-state index in [0.29, 0.717) is 17.9 Å². The highest BCUT2D eigenvalue weighted by Crippen LogP contribution is 2.55. The zero-order chi connectivity index (χ0) is 15.3. The second-order valence-corrected chi connectivity index (χ2v) is 7.28. The molecule has 1 heterocycles. The molecule has 0 aromatic heterocycles. The van der Waals surface area contributed by atoms with Crippen LogP contribution in [0, 0.1) is 12.8 Å². The summed E-state index contributed by atoms with van der Waals surface area (Å²) in [5.41, 5.74) is 5.84. The van der Waals surface area contributed by atoms with E-state index >= 15 is 0 Å². The number of fused-ring (bicyclic) bond motifs is 3. The minimum absolute atomic E-state index is 0.515. The third-order valence-corrected chi connectivity index (χ3v) is 5.82. The Balaban J connectivity index is 1.90. The number of nitrogens with zero attached hydrogens (tertiary/aromatic N) is 1. The predicted molar refractivity (Wildman–Crippen MR) is 92.6 cm³/mol. The first kappa shape index (κ1) is 14.3. The van der Waals surface area contributed by atoms with E-state index in [1.807, 2.05) is 0 Å². The molecule has 0 N–H and O–H groups in total. The van der Waals surface area contributed by atoms with Crippen LogP contribution in [0.5, 0.6) is 0 Å². The van der Waals surface area contributed by atoms with Crippen molar-refractivity contribution in [2.24, 2.45) is 5.92 Å². The van der Waals surface area contributed by atoms with Gasteiger partial charge in [0.1, 0.15) is 0 Å². The van der Waals surface area contributed by atoms with Gasteiger partial charge in [-0.3, -0.25) is 4.90 Å². The first-order valence-electron chi connectivity index (χ1n) is 8.22. The summed E-state index contributed by atoms with van der Waals surface area (Å²) in [4.78, 5) is 2.53. The van der Waals surface area contributed by atoms with Crippen LogP contribution in [0.15, 0.2) is 42.5 Å². The van der Waals surface area contributed by atoms with Crippen LogP contribution < -0.4 is 0 Å². The third-order valence-electron chi connectivity index (χ3n) is 5.58. The Morgan fingerprint density at radius 2 is 1.86 bits per heavy atom. The number of likely N-dealkylation sites (tertiary alicyclic amines) is 1. The summed E-state index contributed by atoms with van der Waals surface area (Å²) < 4.78 is 0. The average molecular weight is 312 g/mol. The highest BCUT2D eigenvalue weighted by atomic mass is 35.5. The van der Waals surface area contributed by atoms with Gasteiger partial charge in [0.2, 0.25) is 0 Å². The van der Waals surface area contributed by atoms with Crippen molar-refractivity contribution < 1.29 is 0 Å². The maximum atomic E-state index is 6.31. The van der Waals surface area contributed by atoms with Gasteiger partial charge in [-0.1, -0.05) is 41.9 Å². The lowest BCUT2D eigenvalue weighted by Crippen LogP contribution is -2.35. The summed E-state index contributed by atoms with van der Waals surface area (Å²) in [5, 5.41) is 0.863. The van der Waals surface area contributed by atoms with Crippen molar-refractivity contribution in [1.29, 1.82) is 0 Å². The summed E-state index contributed by atoms with van der Waals surface area (Å²) in [5.74, 6) is 1.19. The van der Waals surface area contributed by atoms with E-state index < -0.39 is 0 Å². The number of halogens is 1. The van der Waals surface area contributed by atoms with Gasteiger partial charge in [-0.25, -0.2) is 0 Å². The van der Waals surface area contributed by atoms with Gasteiger partial charge in [0.15, 0.2) is 0 Å². The zero-order valence-electron chi connectivity index (χ0n) is 13.2. The van der Waals surface area contributed by atoms with Crippen LogP contribution in [0.2, 0.25) is 5.02 Å². The van der Waals surface area contributed by atoms with Gasteiger partial charge >= 0.3 is 0 Å². The number of benzene rings is 2. The summed E-state index contributed by atoms with van der Waals surface area (Å²) in [7, 11) is 2.27. The number of aryl methyl sites for hydroxylation is 1. The lowest BCUT2D eigenvalue weighted by atomic mass is 9.79. The molecule has 0 bridgehead atoms. The van der Waals surface area contributed by atoms with Crippen molar-refractivity contribution in [3.05, 3.63) is 69.7 Å². The lowest BCUT2D eigenvalue weighted by molar-refractivity contribution is 0.127. The maximum Gasteiger partial charge on any atom is 0.0409 e. The molecule has 1 fully saturated rings. The zero-order valence-corrected chi connectivity index (χ0v) is 14.0. The summed E-state index contributed by atoms with van der Waals surface area (Å²) in [6.07, 6.45) is 2.60. The molecule has 1 aliphatic heterocycles. The average Bonchev–Trinajstić information content (AvgIpc) is 2.82. The molecule has 114 valence electrons. The van der Waals surface area contributed by atoms with Gasteiger partial charge in [0, 0.05) is 17.0 Å². The molecule has 2 aromatic rings. The molecule has 0 radical (unpaired) electrons. The quantitative estimate of drug-likeness (QED) is 0.701. The van der Waals surface area contributed by atoms with Gasteiger partial charge in [-0.05, 0) is 73.7 Å². The highest BCUT2D eigenvalue weighted by Gasteiger charge is 2.44. The molecule has 2 aromatic carbocycles. The standard InChI is InChI=1S/C20H22ClN/c1-13-6-3-4-7-15(13)19-16-10-9-14(21)12-18(16)20-17(19)8-5-11-22(20)2/h3-4,6-7,9-10,12,17,19-20H,5,8,11H2,1-2H3. The van der Waals surface area contributed by atoms with Crippen LogP contribution in [0.3, 0.4) is 0 Å². The first-order chi connectivity index (χ1) is 10.7. The van der Waals surface area contributed by atoms with E-state index in [1.165, 1.54) is 41.6 Å². The summed E-state index contributed by atoms with van der Waals surface area (Å²) >= 11 is 6.31. The SMILES string of the molecule is Cc1ccccc1C1c2ccc(Cl)cc2C2C1CCCN2C. The topological polar surface area (TPSA) is 3.24 Å². The normalized spacial score (nSPS) is 27.5. The van der Waals surface area contributed by atoms with Crippen molar-refractivity contribution in [2.75, 3.05) is 13.6 Å². The number of piperidine rings is 1. The largest absolute Gasteiger partial charge is 0.299 e. The molecule has 3 unspecified atom stereocenters. The minimum atomic E-state index is 0.515. The van der Waals surface area contributed by atoms with Gasteiger partial charge in [-0.15, -0.1) is 0 Å². The molecule has 22 heavy (non-hydrogen) atoms. The highest BCUT2D eigenvalue weighted by molar-refractivity contribution is 6.30. The Morgan fingerprint density at radius 3 is 2.68 bits per heavy atom. The number of hydrogen-bond acceptors (Lipinski definition) is 1. The van der Waals surface area contributed by atoms with Crippen LogP contribution in [0.1, 0.15) is 47.1 Å². The molecule has 1 nitrogen and oxygen atoms in total. The Hall–Kier alpha value is -1.31. The van der Waals surface area contributed by atoms with E-state index in [9.17, 15) is 0 Å². The minimum Gasteiger partial charge on any atom is -0.299 e. The summed E-state index contributed by atoms with van der Waals surface area (Å²) in [6.45, 7) is 3.43. The fourth-order valence-corrected chi connectivity index (χ4v) is 4.85. The molecule has 2 heteroatoms. The molecular weight excluding hydrogens is 290 g/mol. The van der Waals surface area contributed by atoms with Crippen LogP contribution >= 0.6 is 11.6 Å². The van der Waals surface area contributed by atoms with Crippen LogP contribution in [0.4, 0.5) is 0 Å². The Labute approximate surface area is 137 Å². The second kappa shape index (κ2) is 5.40. The fourth-order valence-electron chi connectivity index (χ4n) is 4.67. The van der Waals surface area contributed by atoms with Gasteiger partial charge in [-0.2, -0.15) is 0 Å². The van der Waals surface area contributed by atoms with Crippen LogP contribution in [0.25, 0.3) is 0 Å². The molecule has 2 aliphatic rings. The first-order valence-corrected chi connectivity index (χ1v) is 8.59. The Kier molecular flexibility index (Phi) is 3.51. The fraction of sp³-hybridized carbons (Fsp3) is 0.400. The van der Waals surface area contributed by atoms with E-state index in [1.54, 1.807) is 0 Å².